The predicted octanol–water partition coefficient (Wildman–Crippen LogP) is 4.55. The normalized spacial score (nSPS) is 11.6. The molecule has 1 heterocycles. The summed E-state index contributed by atoms with van der Waals surface area (Å²) in [6, 6.07) is 20.5. The fourth-order valence-electron chi connectivity index (χ4n) is 2.60. The molecule has 0 aliphatic carbocycles. The third-order valence-corrected chi connectivity index (χ3v) is 4.89. The van der Waals surface area contributed by atoms with Gasteiger partial charge in [-0.05, 0) is 30.3 Å². The van der Waals surface area contributed by atoms with E-state index in [2.05, 4.69) is 21.2 Å². The van der Waals surface area contributed by atoms with Crippen LogP contribution in [0.3, 0.4) is 0 Å². The molecule has 4 nitrogen and oxygen atoms in total. The maximum absolute atomic E-state index is 11.1. The summed E-state index contributed by atoms with van der Waals surface area (Å²) in [7, 11) is 0. The molecule has 0 fully saturated rings. The quantitative estimate of drug-likeness (QED) is 0.235. The zero-order chi connectivity index (χ0) is 19.2. The number of nitrogens with zero attached hydrogens (tertiary/aromatic N) is 1. The summed E-state index contributed by atoms with van der Waals surface area (Å²) in [5.74, 6) is 0.0241. The minimum atomic E-state index is -0.108. The molecule has 3 aromatic rings. The topological polar surface area (TPSA) is 56.4 Å². The van der Waals surface area contributed by atoms with E-state index in [-0.39, 0.29) is 12.4 Å². The first kappa shape index (κ1) is 19.2. The first-order valence-electron chi connectivity index (χ1n) is 8.26. The van der Waals surface area contributed by atoms with E-state index in [1.165, 1.54) is 0 Å². The Balaban J connectivity index is 2.12. The molecular weight excluding hydrogens is 424 g/mol. The molecule has 0 bridgehead atoms. The lowest BCUT2D eigenvalue weighted by atomic mass is 10.1. The molecule has 3 rings (SSSR count). The van der Waals surface area contributed by atoms with E-state index >= 15 is 0 Å². The number of rotatable bonds is 5. The molecule has 0 radical (unpaired) electrons. The summed E-state index contributed by atoms with van der Waals surface area (Å²) in [6.07, 6.45) is 3.52. The van der Waals surface area contributed by atoms with Gasteiger partial charge in [-0.3, -0.25) is 0 Å². The summed E-state index contributed by atoms with van der Waals surface area (Å²) >= 11 is 9.09. The number of aromatic nitrogens is 1. The van der Waals surface area contributed by atoms with Crippen molar-refractivity contribution in [3.8, 4) is 0 Å². The number of hydrogen-bond donors (Lipinski definition) is 3. The lowest BCUT2D eigenvalue weighted by Crippen LogP contribution is -2.39. The number of pyridine rings is 1. The number of hydrogen-bond acceptors (Lipinski definition) is 3. The van der Waals surface area contributed by atoms with Gasteiger partial charge in [-0.25, -0.2) is 0 Å². The molecule has 0 unspecified atom stereocenters. The fraction of sp³-hybridized carbons (Fsp3) is 0.0476. The van der Waals surface area contributed by atoms with Crippen molar-refractivity contribution < 1.29 is 14.8 Å². The molecule has 0 amide bonds. The first-order valence-corrected chi connectivity index (χ1v) is 9.46. The molecule has 136 valence electrons. The van der Waals surface area contributed by atoms with Gasteiger partial charge in [0.15, 0.2) is 23.1 Å². The van der Waals surface area contributed by atoms with Gasteiger partial charge >= 0.3 is 0 Å². The van der Waals surface area contributed by atoms with E-state index < -0.39 is 0 Å². The van der Waals surface area contributed by atoms with Gasteiger partial charge in [0.05, 0.1) is 6.61 Å². The van der Waals surface area contributed by atoms with Crippen LogP contribution >= 0.6 is 28.1 Å². The predicted molar refractivity (Wildman–Crippen MR) is 115 cm³/mol. The third-order valence-electron chi connectivity index (χ3n) is 3.90. The highest BCUT2D eigenvalue weighted by molar-refractivity contribution is 9.10. The van der Waals surface area contributed by atoms with Gasteiger partial charge in [-0.15, -0.1) is 0 Å². The lowest BCUT2D eigenvalue weighted by molar-refractivity contribution is -0.576. The molecule has 3 N–H and O–H groups in total. The highest BCUT2D eigenvalue weighted by Crippen LogP contribution is 2.26. The Morgan fingerprint density at radius 1 is 1.00 bits per heavy atom. The van der Waals surface area contributed by atoms with Crippen LogP contribution in [-0.4, -0.2) is 15.2 Å². The molecule has 0 spiro atoms. The standard InChI is InChI=1S/C21H17BrN2O2S/c22-18-11-5-4-10-17(18)20(26)19(24-12-6-7-15(13-24)14-25)21(27)23-16-8-2-1-3-9-16/h1-13,25H,14H2,(H-,23,26,27)/p+1. The Bertz CT molecular complexity index is 990. The van der Waals surface area contributed by atoms with Crippen molar-refractivity contribution in [3.63, 3.8) is 0 Å². The van der Waals surface area contributed by atoms with E-state index in [1.54, 1.807) is 35.2 Å². The van der Waals surface area contributed by atoms with Crippen molar-refractivity contribution in [2.24, 2.45) is 0 Å². The Kier molecular flexibility index (Phi) is 6.34. The minimum absolute atomic E-state index is 0.0241. The van der Waals surface area contributed by atoms with Crippen LogP contribution < -0.4 is 9.88 Å². The molecule has 1 aromatic heterocycles. The minimum Gasteiger partial charge on any atom is -0.502 e. The second kappa shape index (κ2) is 8.90. The number of para-hydroxylation sites is 1. The smallest absolute Gasteiger partial charge is 0.288 e. The van der Waals surface area contributed by atoms with Gasteiger partial charge in [0.1, 0.15) is 0 Å². The number of aliphatic hydroxyl groups is 2. The van der Waals surface area contributed by atoms with Crippen molar-refractivity contribution in [2.45, 2.75) is 6.61 Å². The maximum atomic E-state index is 11.1. The number of nitrogens with one attached hydrogen (secondary N) is 1. The highest BCUT2D eigenvalue weighted by atomic mass is 79.9. The molecular formula is C21H18BrN2O2S+. The molecule has 0 aliphatic rings. The average molecular weight is 442 g/mol. The van der Waals surface area contributed by atoms with Gasteiger partial charge in [0, 0.05) is 27.4 Å². The first-order chi connectivity index (χ1) is 13.1. The number of aliphatic hydroxyl groups excluding tert-OH is 2. The van der Waals surface area contributed by atoms with Gasteiger partial charge in [-0.2, -0.15) is 4.57 Å². The second-order valence-electron chi connectivity index (χ2n) is 5.77. The molecule has 0 aliphatic heterocycles. The average Bonchev–Trinajstić information content (AvgIpc) is 2.69. The zero-order valence-electron chi connectivity index (χ0n) is 14.3. The van der Waals surface area contributed by atoms with E-state index in [1.807, 2.05) is 48.5 Å². The summed E-state index contributed by atoms with van der Waals surface area (Å²) < 4.78 is 2.46. The van der Waals surface area contributed by atoms with E-state index in [0.29, 0.717) is 21.8 Å². The third kappa shape index (κ3) is 4.60. The monoisotopic (exact) mass is 441 g/mol. The highest BCUT2D eigenvalue weighted by Gasteiger charge is 2.25. The van der Waals surface area contributed by atoms with E-state index in [9.17, 15) is 10.2 Å². The van der Waals surface area contributed by atoms with Gasteiger partial charge < -0.3 is 15.5 Å². The molecule has 2 aromatic carbocycles. The Morgan fingerprint density at radius 3 is 2.41 bits per heavy atom. The fourth-order valence-corrected chi connectivity index (χ4v) is 3.39. The van der Waals surface area contributed by atoms with Crippen molar-refractivity contribution in [1.29, 1.82) is 0 Å². The second-order valence-corrected chi connectivity index (χ2v) is 7.04. The van der Waals surface area contributed by atoms with E-state index in [0.717, 1.165) is 10.2 Å². The van der Waals surface area contributed by atoms with Crippen molar-refractivity contribution in [1.82, 2.24) is 0 Å². The molecule has 0 saturated carbocycles. The molecule has 6 heteroatoms. The van der Waals surface area contributed by atoms with Crippen molar-refractivity contribution >= 4 is 50.3 Å². The maximum Gasteiger partial charge on any atom is 0.288 e. The van der Waals surface area contributed by atoms with Crippen LogP contribution in [0.2, 0.25) is 0 Å². The van der Waals surface area contributed by atoms with Gasteiger partial charge in [-0.1, -0.05) is 58.5 Å². The van der Waals surface area contributed by atoms with Crippen LogP contribution in [0.5, 0.6) is 0 Å². The molecule has 27 heavy (non-hydrogen) atoms. The Morgan fingerprint density at radius 2 is 1.70 bits per heavy atom. The Labute approximate surface area is 171 Å². The summed E-state index contributed by atoms with van der Waals surface area (Å²) in [5.41, 5.74) is 2.55. The van der Waals surface area contributed by atoms with Crippen LogP contribution in [0.1, 0.15) is 11.1 Å². The van der Waals surface area contributed by atoms with Crippen LogP contribution in [0, 0.1) is 0 Å². The lowest BCUT2D eigenvalue weighted by Gasteiger charge is -2.11. The van der Waals surface area contributed by atoms with Gasteiger partial charge in [0.2, 0.25) is 0 Å². The summed E-state index contributed by atoms with van der Waals surface area (Å²) in [4.78, 5) is 0.356. The van der Waals surface area contributed by atoms with Crippen molar-refractivity contribution in [3.05, 3.63) is 94.7 Å². The number of benzene rings is 2. The molecule has 0 atom stereocenters. The van der Waals surface area contributed by atoms with Gasteiger partial charge in [0.25, 0.3) is 5.70 Å². The van der Waals surface area contributed by atoms with Crippen LogP contribution in [0.4, 0.5) is 5.69 Å². The zero-order valence-corrected chi connectivity index (χ0v) is 16.7. The summed E-state index contributed by atoms with van der Waals surface area (Å²) in [5, 5.41) is 23.7. The summed E-state index contributed by atoms with van der Waals surface area (Å²) in [6.45, 7) is -0.108. The Hall–Kier alpha value is -2.54. The van der Waals surface area contributed by atoms with E-state index in [4.69, 9.17) is 12.2 Å². The SMILES string of the molecule is OCc1ccc[n+](/C(C(=S)Nc2ccccc2)=C(/O)c2ccccc2Br)c1. The van der Waals surface area contributed by atoms with Crippen LogP contribution in [0.25, 0.3) is 11.5 Å². The van der Waals surface area contributed by atoms with Crippen LogP contribution in [0.15, 0.2) is 83.6 Å². The number of anilines is 1. The number of thiocarbonyl (C=S) groups is 1. The largest absolute Gasteiger partial charge is 0.502 e. The van der Waals surface area contributed by atoms with Crippen LogP contribution in [-0.2, 0) is 6.61 Å². The van der Waals surface area contributed by atoms with Crippen molar-refractivity contribution in [2.75, 3.05) is 5.32 Å². The molecule has 0 saturated heterocycles. The number of halogens is 1.